The molecular weight excluding hydrogens is 279 g/mol. The van der Waals surface area contributed by atoms with Gasteiger partial charge in [0.25, 0.3) is 0 Å². The van der Waals surface area contributed by atoms with E-state index in [2.05, 4.69) is 17.2 Å². The maximum absolute atomic E-state index is 8.73. The quantitative estimate of drug-likeness (QED) is 0.595. The minimum atomic E-state index is 0.180. The molecule has 0 saturated heterocycles. The molecule has 2 N–H and O–H groups in total. The maximum atomic E-state index is 8.73. The molecule has 1 aromatic rings. The molecule has 6 heteroatoms. The highest BCUT2D eigenvalue weighted by molar-refractivity contribution is 7.99. The first-order chi connectivity index (χ1) is 8.19. The molecule has 0 amide bonds. The van der Waals surface area contributed by atoms with Crippen LogP contribution in [0, 0.1) is 0 Å². The van der Waals surface area contributed by atoms with Crippen LogP contribution in [0.1, 0.15) is 19.8 Å². The summed E-state index contributed by atoms with van der Waals surface area (Å²) in [4.78, 5) is 4.39. The minimum absolute atomic E-state index is 0.180. The Kier molecular flexibility index (Phi) is 7.04. The molecule has 1 heterocycles. The summed E-state index contributed by atoms with van der Waals surface area (Å²) in [5, 5.41) is 13.7. The molecule has 0 atom stereocenters. The first kappa shape index (κ1) is 14.9. The summed E-state index contributed by atoms with van der Waals surface area (Å²) in [6, 6.07) is 1.70. The number of aliphatic hydroxyl groups is 1. The molecule has 0 aromatic carbocycles. The Hall–Kier alpha value is -0.160. The van der Waals surface area contributed by atoms with E-state index in [0.717, 1.165) is 30.2 Å². The summed E-state index contributed by atoms with van der Waals surface area (Å²) in [5.41, 5.74) is 0. The number of aromatic nitrogens is 1. The minimum Gasteiger partial charge on any atom is -0.396 e. The van der Waals surface area contributed by atoms with E-state index in [9.17, 15) is 0 Å². The van der Waals surface area contributed by atoms with Crippen molar-refractivity contribution in [3.63, 3.8) is 0 Å². The second-order valence-corrected chi connectivity index (χ2v) is 5.36. The fourth-order valence-electron chi connectivity index (χ4n) is 1.15. The summed E-state index contributed by atoms with van der Waals surface area (Å²) < 4.78 is 0. The van der Waals surface area contributed by atoms with Crippen molar-refractivity contribution in [1.29, 1.82) is 0 Å². The summed E-state index contributed by atoms with van der Waals surface area (Å²) in [6.45, 7) is 3.09. The van der Waals surface area contributed by atoms with E-state index in [0.29, 0.717) is 15.9 Å². The molecule has 0 saturated carbocycles. The highest BCUT2D eigenvalue weighted by Gasteiger charge is 2.09. The van der Waals surface area contributed by atoms with Gasteiger partial charge < -0.3 is 10.4 Å². The third kappa shape index (κ3) is 4.92. The van der Waals surface area contributed by atoms with Gasteiger partial charge in [-0.3, -0.25) is 0 Å². The van der Waals surface area contributed by atoms with Gasteiger partial charge in [-0.25, -0.2) is 4.98 Å². The Morgan fingerprint density at radius 1 is 1.41 bits per heavy atom. The van der Waals surface area contributed by atoms with Crippen LogP contribution < -0.4 is 5.32 Å². The summed E-state index contributed by atoms with van der Waals surface area (Å²) in [6.07, 6.45) is 1.73. The molecule has 0 bridgehead atoms. The lowest BCUT2D eigenvalue weighted by molar-refractivity contribution is 0.296. The average Bonchev–Trinajstić information content (AvgIpc) is 2.31. The Balaban J connectivity index is 2.74. The fourth-order valence-corrected chi connectivity index (χ4v) is 2.56. The standard InChI is InChI=1S/C11H16Cl2N2OS/c1-2-4-14-10-8(12)7-9(13)11(15-10)17-6-3-5-16/h7,16H,2-6H2,1H3,(H,14,15). The van der Waals surface area contributed by atoms with Gasteiger partial charge in [0.05, 0.1) is 10.0 Å². The number of pyridine rings is 1. The highest BCUT2D eigenvalue weighted by Crippen LogP contribution is 2.32. The van der Waals surface area contributed by atoms with Crippen molar-refractivity contribution in [1.82, 2.24) is 4.98 Å². The zero-order chi connectivity index (χ0) is 12.7. The van der Waals surface area contributed by atoms with Gasteiger partial charge >= 0.3 is 0 Å². The van der Waals surface area contributed by atoms with Crippen molar-refractivity contribution in [2.24, 2.45) is 0 Å². The van der Waals surface area contributed by atoms with Gasteiger partial charge in [0.1, 0.15) is 10.8 Å². The number of rotatable bonds is 7. The topological polar surface area (TPSA) is 45.2 Å². The largest absolute Gasteiger partial charge is 0.396 e. The van der Waals surface area contributed by atoms with Gasteiger partial charge in [-0.05, 0) is 18.9 Å². The molecule has 0 aliphatic carbocycles. The number of halogens is 2. The molecule has 0 spiro atoms. The zero-order valence-electron chi connectivity index (χ0n) is 9.67. The Bertz CT molecular complexity index is 364. The second-order valence-electron chi connectivity index (χ2n) is 3.46. The smallest absolute Gasteiger partial charge is 0.146 e. The summed E-state index contributed by atoms with van der Waals surface area (Å²) >= 11 is 13.6. The third-order valence-corrected chi connectivity index (χ3v) is 3.75. The van der Waals surface area contributed by atoms with Crippen LogP contribution in [0.4, 0.5) is 5.82 Å². The van der Waals surface area contributed by atoms with Crippen molar-refractivity contribution < 1.29 is 5.11 Å². The number of nitrogens with one attached hydrogen (secondary N) is 1. The summed E-state index contributed by atoms with van der Waals surface area (Å²) in [5.74, 6) is 1.46. The molecule has 1 rings (SSSR count). The van der Waals surface area contributed by atoms with Gasteiger partial charge in [0, 0.05) is 18.9 Å². The predicted octanol–water partition coefficient (Wildman–Crippen LogP) is 3.68. The first-order valence-corrected chi connectivity index (χ1v) is 7.26. The maximum Gasteiger partial charge on any atom is 0.146 e. The molecular formula is C11H16Cl2N2OS. The highest BCUT2D eigenvalue weighted by atomic mass is 35.5. The van der Waals surface area contributed by atoms with Crippen LogP contribution in [0.5, 0.6) is 0 Å². The average molecular weight is 295 g/mol. The normalized spacial score (nSPS) is 10.6. The van der Waals surface area contributed by atoms with Gasteiger partial charge in [-0.15, -0.1) is 11.8 Å². The number of hydrogen-bond acceptors (Lipinski definition) is 4. The molecule has 3 nitrogen and oxygen atoms in total. The van der Waals surface area contributed by atoms with Crippen LogP contribution in [0.3, 0.4) is 0 Å². The molecule has 0 aliphatic rings. The van der Waals surface area contributed by atoms with Crippen molar-refractivity contribution in [3.8, 4) is 0 Å². The van der Waals surface area contributed by atoms with Crippen molar-refractivity contribution in [2.75, 3.05) is 24.2 Å². The Labute approximate surface area is 116 Å². The van der Waals surface area contributed by atoms with Gasteiger partial charge in [-0.2, -0.15) is 0 Å². The first-order valence-electron chi connectivity index (χ1n) is 5.52. The third-order valence-electron chi connectivity index (χ3n) is 1.98. The van der Waals surface area contributed by atoms with E-state index < -0.39 is 0 Å². The van der Waals surface area contributed by atoms with E-state index >= 15 is 0 Å². The van der Waals surface area contributed by atoms with Crippen molar-refractivity contribution in [3.05, 3.63) is 16.1 Å². The number of thioether (sulfide) groups is 1. The lowest BCUT2D eigenvalue weighted by Crippen LogP contribution is -2.03. The second kappa shape index (κ2) is 8.03. The van der Waals surface area contributed by atoms with E-state index in [-0.39, 0.29) is 6.61 Å². The van der Waals surface area contributed by atoms with Crippen LogP contribution in [0.2, 0.25) is 10.0 Å². The molecule has 0 unspecified atom stereocenters. The number of aliphatic hydroxyl groups excluding tert-OH is 1. The SMILES string of the molecule is CCCNc1nc(SCCCO)c(Cl)cc1Cl. The van der Waals surface area contributed by atoms with E-state index in [1.165, 1.54) is 11.8 Å². The molecule has 96 valence electrons. The van der Waals surface area contributed by atoms with Crippen LogP contribution in [0.15, 0.2) is 11.1 Å². The molecule has 17 heavy (non-hydrogen) atoms. The molecule has 1 aromatic heterocycles. The van der Waals surface area contributed by atoms with Gasteiger partial charge in [0.2, 0.25) is 0 Å². The number of hydrogen-bond donors (Lipinski definition) is 2. The molecule has 0 aliphatic heterocycles. The van der Waals surface area contributed by atoms with Crippen molar-refractivity contribution in [2.45, 2.75) is 24.8 Å². The van der Waals surface area contributed by atoms with Crippen LogP contribution in [-0.4, -0.2) is 29.0 Å². The van der Waals surface area contributed by atoms with Crippen LogP contribution in [-0.2, 0) is 0 Å². The molecule has 0 radical (unpaired) electrons. The lowest BCUT2D eigenvalue weighted by Gasteiger charge is -2.09. The van der Waals surface area contributed by atoms with Crippen molar-refractivity contribution >= 4 is 40.8 Å². The van der Waals surface area contributed by atoms with E-state index in [4.69, 9.17) is 28.3 Å². The number of nitrogens with zero attached hydrogens (tertiary/aromatic N) is 1. The van der Waals surface area contributed by atoms with E-state index in [1.54, 1.807) is 6.07 Å². The monoisotopic (exact) mass is 294 g/mol. The Morgan fingerprint density at radius 2 is 2.18 bits per heavy atom. The van der Waals surface area contributed by atoms with E-state index in [1.807, 2.05) is 0 Å². The van der Waals surface area contributed by atoms with Gasteiger partial charge in [-0.1, -0.05) is 30.1 Å². The Morgan fingerprint density at radius 3 is 2.82 bits per heavy atom. The summed E-state index contributed by atoms with van der Waals surface area (Å²) in [7, 11) is 0. The number of anilines is 1. The fraction of sp³-hybridized carbons (Fsp3) is 0.545. The zero-order valence-corrected chi connectivity index (χ0v) is 12.0. The molecule has 0 fully saturated rings. The van der Waals surface area contributed by atoms with Crippen LogP contribution >= 0.6 is 35.0 Å². The lowest BCUT2D eigenvalue weighted by atomic mass is 10.4. The van der Waals surface area contributed by atoms with Crippen LogP contribution in [0.25, 0.3) is 0 Å². The van der Waals surface area contributed by atoms with Gasteiger partial charge in [0.15, 0.2) is 0 Å². The predicted molar refractivity (Wildman–Crippen MR) is 75.5 cm³/mol.